The minimum atomic E-state index is -2.25. The zero-order valence-corrected chi connectivity index (χ0v) is 32.2. The van der Waals surface area contributed by atoms with Crippen LogP contribution in [0.1, 0.15) is 110 Å². The number of nitrogens with one attached hydrogen (secondary N) is 1. The molecule has 55 heavy (non-hydrogen) atoms. The Kier molecular flexibility index (Phi) is 11.4. The number of carbonyl (C=O) groups is 5. The zero-order valence-electron chi connectivity index (χ0n) is 32.2. The summed E-state index contributed by atoms with van der Waals surface area (Å²) in [5.74, 6) is -5.24. The molecule has 2 heterocycles. The van der Waals surface area contributed by atoms with Crippen molar-refractivity contribution in [1.82, 2.24) is 5.32 Å². The van der Waals surface area contributed by atoms with Crippen LogP contribution >= 0.6 is 0 Å². The fourth-order valence-corrected chi connectivity index (χ4v) is 10.1. The van der Waals surface area contributed by atoms with Crippen molar-refractivity contribution in [3.63, 3.8) is 0 Å². The van der Waals surface area contributed by atoms with Crippen molar-refractivity contribution in [3.8, 4) is 0 Å². The fourth-order valence-electron chi connectivity index (χ4n) is 10.1. The van der Waals surface area contributed by atoms with Gasteiger partial charge < -0.3 is 44.7 Å². The average molecular weight is 770 g/mol. The molecule has 14 nitrogen and oxygen atoms in total. The van der Waals surface area contributed by atoms with Crippen LogP contribution in [0.2, 0.25) is 0 Å². The SMILES string of the molecule is CC(=O)O[C@@]12CO[C@@H]1C[C@H](O)[C@@]1(C)C(=O)[C@H](O)C3=C(C)[C@@H]4C[C@@](O)([C@@H](OC(=O)CCCCCCCCC(=O)N[C@@H](c5ccccc5)[C@@H](O)C(=O)O4)[C@H]21)C3(C)C. The molecule has 5 aliphatic rings. The largest absolute Gasteiger partial charge is 0.459 e. The molecular formula is C41H55NO13. The van der Waals surface area contributed by atoms with E-state index < -0.39 is 101 Å². The molecule has 302 valence electrons. The molecule has 1 amide bonds. The highest BCUT2D eigenvalue weighted by Crippen LogP contribution is 2.64. The van der Waals surface area contributed by atoms with Gasteiger partial charge in [-0.05, 0) is 43.4 Å². The van der Waals surface area contributed by atoms with Gasteiger partial charge in [-0.3, -0.25) is 19.2 Å². The van der Waals surface area contributed by atoms with Crippen LogP contribution in [0.25, 0.3) is 0 Å². The molecule has 0 unspecified atom stereocenters. The van der Waals surface area contributed by atoms with Crippen LogP contribution in [-0.4, -0.2) is 104 Å². The van der Waals surface area contributed by atoms with Crippen molar-refractivity contribution < 1.29 is 63.3 Å². The monoisotopic (exact) mass is 769 g/mol. The Morgan fingerprint density at radius 1 is 0.909 bits per heavy atom. The number of ether oxygens (including phenoxy) is 4. The number of benzene rings is 1. The summed E-state index contributed by atoms with van der Waals surface area (Å²) in [6.45, 7) is 7.09. The van der Waals surface area contributed by atoms with E-state index in [0.717, 1.165) is 19.3 Å². The Balaban J connectivity index is 1.51. The maximum Gasteiger partial charge on any atom is 0.338 e. The van der Waals surface area contributed by atoms with Crippen LogP contribution in [-0.2, 0) is 42.9 Å². The molecule has 0 aromatic heterocycles. The Labute approximate surface area is 320 Å². The smallest absolute Gasteiger partial charge is 0.338 e. The molecule has 2 aliphatic heterocycles. The minimum absolute atomic E-state index is 0.00460. The van der Waals surface area contributed by atoms with Gasteiger partial charge in [0.25, 0.3) is 0 Å². The van der Waals surface area contributed by atoms with Crippen molar-refractivity contribution in [3.05, 3.63) is 47.0 Å². The summed E-state index contributed by atoms with van der Waals surface area (Å²) in [5, 5.41) is 51.6. The van der Waals surface area contributed by atoms with Gasteiger partial charge in [0.2, 0.25) is 5.91 Å². The second kappa shape index (κ2) is 15.3. The maximum atomic E-state index is 14.9. The topological polar surface area (TPSA) is 215 Å². The van der Waals surface area contributed by atoms with Crippen molar-refractivity contribution >= 4 is 29.6 Å². The first-order valence-electron chi connectivity index (χ1n) is 19.5. The normalized spacial score (nSPS) is 40.2. The first-order valence-corrected chi connectivity index (χ1v) is 19.5. The van der Waals surface area contributed by atoms with E-state index in [4.69, 9.17) is 18.9 Å². The highest BCUT2D eigenvalue weighted by atomic mass is 16.6. The summed E-state index contributed by atoms with van der Waals surface area (Å²) in [6, 6.07) is 7.27. The molecule has 0 radical (unpaired) electrons. The lowest BCUT2D eigenvalue weighted by Gasteiger charge is -2.67. The van der Waals surface area contributed by atoms with Crippen molar-refractivity contribution in [2.45, 2.75) is 153 Å². The molecule has 0 spiro atoms. The highest BCUT2D eigenvalue weighted by molar-refractivity contribution is 5.93. The van der Waals surface area contributed by atoms with Crippen LogP contribution in [0.4, 0.5) is 0 Å². The van der Waals surface area contributed by atoms with Gasteiger partial charge in [0.1, 0.15) is 30.0 Å². The molecule has 2 saturated carbocycles. The maximum absolute atomic E-state index is 14.9. The number of ketones is 1. The number of hydrogen-bond donors (Lipinski definition) is 5. The Bertz CT molecular complexity index is 1710. The summed E-state index contributed by atoms with van der Waals surface area (Å²) in [4.78, 5) is 68.7. The molecule has 14 heteroatoms. The Hall–Kier alpha value is -3.69. The lowest BCUT2D eigenvalue weighted by Crippen LogP contribution is -2.81. The first-order chi connectivity index (χ1) is 25.9. The third-order valence-electron chi connectivity index (χ3n) is 13.3. The molecule has 11 atom stereocenters. The molecule has 3 aliphatic carbocycles. The number of aliphatic hydroxyl groups is 4. The van der Waals surface area contributed by atoms with E-state index in [1.807, 2.05) is 0 Å². The second-order valence-corrected chi connectivity index (χ2v) is 16.8. The van der Waals surface area contributed by atoms with Crippen molar-refractivity contribution in [2.24, 2.45) is 16.7 Å². The molecular weight excluding hydrogens is 714 g/mol. The van der Waals surface area contributed by atoms with Crippen LogP contribution in [0.3, 0.4) is 0 Å². The van der Waals surface area contributed by atoms with Gasteiger partial charge in [0, 0.05) is 38.0 Å². The molecule has 1 aromatic rings. The van der Waals surface area contributed by atoms with E-state index in [2.05, 4.69) is 5.32 Å². The van der Waals surface area contributed by atoms with E-state index >= 15 is 0 Å². The number of carbonyl (C=O) groups excluding carboxylic acids is 5. The summed E-state index contributed by atoms with van der Waals surface area (Å²) >= 11 is 0. The average Bonchev–Trinajstić information content (AvgIpc) is 3.12. The number of hydrogen-bond acceptors (Lipinski definition) is 13. The zero-order chi connectivity index (χ0) is 40.1. The van der Waals surface area contributed by atoms with Crippen LogP contribution < -0.4 is 5.32 Å². The number of Topliss-reactive ketones (excluding diaryl/α,β-unsaturated/α-hetero) is 1. The Morgan fingerprint density at radius 2 is 1.55 bits per heavy atom. The molecule has 6 rings (SSSR count). The lowest BCUT2D eigenvalue weighted by molar-refractivity contribution is -0.347. The van der Waals surface area contributed by atoms with Gasteiger partial charge in [-0.2, -0.15) is 0 Å². The summed E-state index contributed by atoms with van der Waals surface area (Å²) in [6.07, 6.45) is -5.82. The fraction of sp³-hybridized carbons (Fsp3) is 0.683. The number of amides is 1. The van der Waals surface area contributed by atoms with E-state index in [-0.39, 0.29) is 42.9 Å². The molecule has 1 aromatic carbocycles. The first kappa shape index (κ1) is 41.0. The third-order valence-corrected chi connectivity index (χ3v) is 13.3. The van der Waals surface area contributed by atoms with Gasteiger partial charge in [-0.15, -0.1) is 0 Å². The number of esters is 3. The van der Waals surface area contributed by atoms with Crippen LogP contribution in [0.15, 0.2) is 41.5 Å². The number of rotatable bonds is 2. The summed E-state index contributed by atoms with van der Waals surface area (Å²) in [7, 11) is 0. The molecule has 3 bridgehead atoms. The van der Waals surface area contributed by atoms with Crippen LogP contribution in [0, 0.1) is 16.7 Å². The minimum Gasteiger partial charge on any atom is -0.459 e. The van der Waals surface area contributed by atoms with Crippen molar-refractivity contribution in [2.75, 3.05) is 6.61 Å². The molecule has 5 N–H and O–H groups in total. The summed E-state index contributed by atoms with van der Waals surface area (Å²) < 4.78 is 24.1. The van der Waals surface area contributed by atoms with Gasteiger partial charge in [0.05, 0.1) is 30.1 Å². The van der Waals surface area contributed by atoms with E-state index in [1.54, 1.807) is 51.1 Å². The predicted molar refractivity (Wildman–Crippen MR) is 194 cm³/mol. The highest BCUT2D eigenvalue weighted by Gasteiger charge is 2.78. The number of aliphatic hydroxyl groups excluding tert-OH is 3. The lowest BCUT2D eigenvalue weighted by atomic mass is 9.44. The molecule has 4 fully saturated rings. The molecule has 2 saturated heterocycles. The van der Waals surface area contributed by atoms with E-state index in [1.165, 1.54) is 13.8 Å². The Morgan fingerprint density at radius 3 is 2.16 bits per heavy atom. The predicted octanol–water partition coefficient (Wildman–Crippen LogP) is 2.67. The van der Waals surface area contributed by atoms with Gasteiger partial charge in [-0.25, -0.2) is 4.79 Å². The van der Waals surface area contributed by atoms with E-state index in [9.17, 15) is 44.4 Å². The third kappa shape index (κ3) is 6.91. The van der Waals surface area contributed by atoms with Gasteiger partial charge in [0.15, 0.2) is 17.5 Å². The van der Waals surface area contributed by atoms with Gasteiger partial charge >= 0.3 is 17.9 Å². The van der Waals surface area contributed by atoms with Gasteiger partial charge in [-0.1, -0.05) is 69.9 Å². The second-order valence-electron chi connectivity index (χ2n) is 16.8. The van der Waals surface area contributed by atoms with Crippen molar-refractivity contribution in [1.29, 1.82) is 0 Å². The standard InChI is InChI=1S/C41H55NO13/c1-22-25-20-41(51)36(34-39(5,35(49)32(47)30(22)38(41,3)4)26(44)19-27-40(34,21-52-27)55-23(2)43)54-29(46)18-14-9-7-6-8-13-17-28(45)42-31(33(48)37(50)53-25)24-15-11-10-12-16-24/h10-12,15-16,25-27,31-34,36,44,47-48,51H,6-9,13-14,17-21H2,1-5H3,(H,42,45)/t25-,26-,27+,31-,32+,33+,34-,36-,39+,40-,41+/m0/s1. The van der Waals surface area contributed by atoms with E-state index in [0.29, 0.717) is 24.8 Å². The van der Waals surface area contributed by atoms with Crippen LogP contribution in [0.5, 0.6) is 0 Å². The summed E-state index contributed by atoms with van der Waals surface area (Å²) in [5.41, 5.74) is -6.74. The quantitative estimate of drug-likeness (QED) is 0.166. The number of fused-ring (bicyclic) bond motifs is 6.